The zero-order valence-corrected chi connectivity index (χ0v) is 13.7. The number of ether oxygens (including phenoxy) is 2. The van der Waals surface area contributed by atoms with Crippen molar-refractivity contribution in [3.05, 3.63) is 29.8 Å². The van der Waals surface area contributed by atoms with Crippen LogP contribution >= 0.6 is 0 Å². The van der Waals surface area contributed by atoms with Gasteiger partial charge in [-0.15, -0.1) is 0 Å². The number of guanidine groups is 1. The van der Waals surface area contributed by atoms with Gasteiger partial charge in [0.2, 0.25) is 0 Å². The van der Waals surface area contributed by atoms with E-state index in [0.29, 0.717) is 6.54 Å². The highest BCUT2D eigenvalue weighted by Crippen LogP contribution is 2.11. The maximum atomic E-state index is 5.37. The van der Waals surface area contributed by atoms with E-state index < -0.39 is 0 Å². The van der Waals surface area contributed by atoms with Crippen LogP contribution in [-0.2, 0) is 11.2 Å². The van der Waals surface area contributed by atoms with E-state index in [1.807, 2.05) is 26.0 Å². The molecule has 0 aliphatic carbocycles. The predicted molar refractivity (Wildman–Crippen MR) is 87.2 cm³/mol. The van der Waals surface area contributed by atoms with E-state index in [9.17, 15) is 0 Å². The Morgan fingerprint density at radius 3 is 2.33 bits per heavy atom. The normalized spacial score (nSPS) is 12.1. The van der Waals surface area contributed by atoms with Gasteiger partial charge in [0.1, 0.15) is 5.75 Å². The molecule has 0 unspecified atom stereocenters. The second-order valence-corrected chi connectivity index (χ2v) is 5.41. The van der Waals surface area contributed by atoms with E-state index in [4.69, 9.17) is 9.47 Å². The van der Waals surface area contributed by atoms with Crippen LogP contribution in [0, 0.1) is 0 Å². The Labute approximate surface area is 127 Å². The molecule has 0 aliphatic rings. The van der Waals surface area contributed by atoms with E-state index in [-0.39, 0.29) is 5.60 Å². The maximum absolute atomic E-state index is 5.37. The van der Waals surface area contributed by atoms with E-state index in [0.717, 1.165) is 24.7 Å². The average Bonchev–Trinajstić information content (AvgIpc) is 2.51. The Hall–Kier alpha value is -1.75. The second kappa shape index (κ2) is 8.52. The molecule has 0 radical (unpaired) electrons. The molecule has 0 atom stereocenters. The van der Waals surface area contributed by atoms with Gasteiger partial charge in [0, 0.05) is 27.2 Å². The van der Waals surface area contributed by atoms with Crippen LogP contribution in [0.1, 0.15) is 19.4 Å². The molecule has 5 nitrogen and oxygen atoms in total. The summed E-state index contributed by atoms with van der Waals surface area (Å²) in [5, 5.41) is 6.55. The molecule has 0 aliphatic heterocycles. The Kier molecular flexibility index (Phi) is 7.02. The minimum Gasteiger partial charge on any atom is -0.497 e. The van der Waals surface area contributed by atoms with E-state index in [2.05, 4.69) is 27.8 Å². The van der Waals surface area contributed by atoms with Gasteiger partial charge in [-0.1, -0.05) is 12.1 Å². The fourth-order valence-corrected chi connectivity index (χ4v) is 1.71. The van der Waals surface area contributed by atoms with Crippen LogP contribution in [0.15, 0.2) is 29.3 Å². The van der Waals surface area contributed by atoms with E-state index in [1.54, 1.807) is 21.3 Å². The molecule has 0 fully saturated rings. The molecular weight excluding hydrogens is 266 g/mol. The molecule has 1 rings (SSSR count). The summed E-state index contributed by atoms with van der Waals surface area (Å²) in [6, 6.07) is 8.10. The minimum absolute atomic E-state index is 0.215. The molecule has 0 heterocycles. The first-order chi connectivity index (χ1) is 10.0. The number of methoxy groups -OCH3 is 2. The largest absolute Gasteiger partial charge is 0.497 e. The molecule has 0 spiro atoms. The summed E-state index contributed by atoms with van der Waals surface area (Å²) in [6.07, 6.45) is 0.929. The first-order valence-corrected chi connectivity index (χ1v) is 7.13. The summed E-state index contributed by atoms with van der Waals surface area (Å²) in [5.74, 6) is 1.67. The topological polar surface area (TPSA) is 54.9 Å². The van der Waals surface area contributed by atoms with Gasteiger partial charge in [-0.2, -0.15) is 0 Å². The molecule has 0 bridgehead atoms. The summed E-state index contributed by atoms with van der Waals surface area (Å²) in [5.41, 5.74) is 1.05. The molecule has 118 valence electrons. The summed E-state index contributed by atoms with van der Waals surface area (Å²) in [6.45, 7) is 5.58. The zero-order valence-electron chi connectivity index (χ0n) is 13.7. The number of benzene rings is 1. The number of hydrogen-bond donors (Lipinski definition) is 2. The van der Waals surface area contributed by atoms with Gasteiger partial charge < -0.3 is 20.1 Å². The Morgan fingerprint density at radius 1 is 1.14 bits per heavy atom. The molecule has 0 amide bonds. The fourth-order valence-electron chi connectivity index (χ4n) is 1.71. The summed E-state index contributed by atoms with van der Waals surface area (Å²) in [7, 11) is 5.15. The van der Waals surface area contributed by atoms with Crippen molar-refractivity contribution in [3.8, 4) is 5.75 Å². The summed E-state index contributed by atoms with van der Waals surface area (Å²) < 4.78 is 10.5. The van der Waals surface area contributed by atoms with Gasteiger partial charge in [0.05, 0.1) is 12.7 Å². The van der Waals surface area contributed by atoms with E-state index >= 15 is 0 Å². The van der Waals surface area contributed by atoms with Crippen LogP contribution in [0.3, 0.4) is 0 Å². The van der Waals surface area contributed by atoms with Crippen LogP contribution in [-0.4, -0.2) is 45.9 Å². The van der Waals surface area contributed by atoms with E-state index in [1.165, 1.54) is 5.56 Å². The number of aliphatic imine (C=N–C) groups is 1. The lowest BCUT2D eigenvalue weighted by Gasteiger charge is -2.24. The number of hydrogen-bond acceptors (Lipinski definition) is 3. The maximum Gasteiger partial charge on any atom is 0.191 e. The van der Waals surface area contributed by atoms with Crippen molar-refractivity contribution in [1.82, 2.24) is 10.6 Å². The smallest absolute Gasteiger partial charge is 0.191 e. The highest BCUT2D eigenvalue weighted by atomic mass is 16.5. The van der Waals surface area contributed by atoms with Crippen LogP contribution < -0.4 is 15.4 Å². The van der Waals surface area contributed by atoms with Crippen molar-refractivity contribution in [1.29, 1.82) is 0 Å². The number of rotatable bonds is 7. The number of nitrogens with zero attached hydrogens (tertiary/aromatic N) is 1. The van der Waals surface area contributed by atoms with Crippen molar-refractivity contribution in [2.75, 3.05) is 34.4 Å². The van der Waals surface area contributed by atoms with Crippen LogP contribution in [0.4, 0.5) is 0 Å². The molecule has 1 aromatic rings. The lowest BCUT2D eigenvalue weighted by molar-refractivity contribution is 0.0268. The predicted octanol–water partition coefficient (Wildman–Crippen LogP) is 1.83. The second-order valence-electron chi connectivity index (χ2n) is 5.41. The van der Waals surface area contributed by atoms with Gasteiger partial charge >= 0.3 is 0 Å². The van der Waals surface area contributed by atoms with Crippen LogP contribution in [0.25, 0.3) is 0 Å². The lowest BCUT2D eigenvalue weighted by Crippen LogP contribution is -2.45. The van der Waals surface area contributed by atoms with Crippen molar-refractivity contribution in [2.24, 2.45) is 4.99 Å². The van der Waals surface area contributed by atoms with Gasteiger partial charge in [0.25, 0.3) is 0 Å². The van der Waals surface area contributed by atoms with Crippen molar-refractivity contribution in [3.63, 3.8) is 0 Å². The lowest BCUT2D eigenvalue weighted by atomic mass is 10.1. The molecule has 5 heteroatoms. The fraction of sp³-hybridized carbons (Fsp3) is 0.562. The summed E-state index contributed by atoms with van der Waals surface area (Å²) >= 11 is 0. The highest BCUT2D eigenvalue weighted by Gasteiger charge is 2.16. The average molecular weight is 293 g/mol. The molecule has 0 aromatic heterocycles. The first-order valence-electron chi connectivity index (χ1n) is 7.13. The Morgan fingerprint density at radius 2 is 1.81 bits per heavy atom. The number of nitrogens with one attached hydrogen (secondary N) is 2. The zero-order chi connectivity index (χ0) is 15.7. The Bertz CT molecular complexity index is 441. The van der Waals surface area contributed by atoms with Gasteiger partial charge in [0.15, 0.2) is 5.96 Å². The SMILES string of the molecule is CN=C(NCCc1ccc(OC)cc1)NCC(C)(C)OC. The third-order valence-corrected chi connectivity index (χ3v) is 3.32. The van der Waals surface area contributed by atoms with Crippen molar-refractivity contribution < 1.29 is 9.47 Å². The highest BCUT2D eigenvalue weighted by molar-refractivity contribution is 5.79. The van der Waals surface area contributed by atoms with Crippen molar-refractivity contribution >= 4 is 5.96 Å². The standard InChI is InChI=1S/C16H27N3O2/c1-16(2,21-5)12-19-15(17-3)18-11-10-13-6-8-14(20-4)9-7-13/h6-9H,10-12H2,1-5H3,(H2,17,18,19). The molecule has 0 saturated carbocycles. The van der Waals surface area contributed by atoms with Gasteiger partial charge in [-0.05, 0) is 38.0 Å². The summed E-state index contributed by atoms with van der Waals surface area (Å²) in [4.78, 5) is 4.20. The van der Waals surface area contributed by atoms with Crippen molar-refractivity contribution in [2.45, 2.75) is 25.9 Å². The third-order valence-electron chi connectivity index (χ3n) is 3.32. The van der Waals surface area contributed by atoms with Crippen LogP contribution in [0.2, 0.25) is 0 Å². The molecule has 21 heavy (non-hydrogen) atoms. The quantitative estimate of drug-likeness (QED) is 0.595. The molecule has 1 aromatic carbocycles. The minimum atomic E-state index is -0.215. The molecule has 2 N–H and O–H groups in total. The Balaban J connectivity index is 2.35. The van der Waals surface area contributed by atoms with Gasteiger partial charge in [-0.3, -0.25) is 4.99 Å². The monoisotopic (exact) mass is 293 g/mol. The third kappa shape index (κ3) is 6.49. The molecule has 0 saturated heterocycles. The van der Waals surface area contributed by atoms with Gasteiger partial charge in [-0.25, -0.2) is 0 Å². The van der Waals surface area contributed by atoms with Crippen LogP contribution in [0.5, 0.6) is 5.75 Å². The molecular formula is C16H27N3O2. The first kappa shape index (κ1) is 17.3.